The largest absolute Gasteiger partial charge is 0.482 e. The molecule has 1 N–H and O–H groups in total. The second-order valence-electron chi connectivity index (χ2n) is 5.49. The summed E-state index contributed by atoms with van der Waals surface area (Å²) in [6, 6.07) is 17.5. The summed E-state index contributed by atoms with van der Waals surface area (Å²) in [5.74, 6) is 0.375. The third-order valence-corrected chi connectivity index (χ3v) is 4.09. The van der Waals surface area contributed by atoms with E-state index in [2.05, 4.69) is 34.3 Å². The van der Waals surface area contributed by atoms with Crippen LogP contribution in [0.15, 0.2) is 60.8 Å². The second kappa shape index (κ2) is 7.88. The van der Waals surface area contributed by atoms with E-state index in [1.165, 1.54) is 10.9 Å². The van der Waals surface area contributed by atoms with Gasteiger partial charge in [-0.05, 0) is 36.1 Å². The summed E-state index contributed by atoms with van der Waals surface area (Å²) in [5.41, 5.74) is 1.21. The number of carbonyl (C=O) groups excluding carboxylic acids is 1. The molecular formula is C19H19ClN2O2. The van der Waals surface area contributed by atoms with Crippen molar-refractivity contribution in [1.82, 2.24) is 9.88 Å². The predicted octanol–water partition coefficient (Wildman–Crippen LogP) is 3.88. The molecule has 0 fully saturated rings. The van der Waals surface area contributed by atoms with Gasteiger partial charge in [-0.2, -0.15) is 0 Å². The molecule has 1 heterocycles. The van der Waals surface area contributed by atoms with Crippen molar-refractivity contribution in [3.05, 3.63) is 65.8 Å². The first kappa shape index (κ1) is 16.4. The predicted molar refractivity (Wildman–Crippen MR) is 96.5 cm³/mol. The molecule has 24 heavy (non-hydrogen) atoms. The standard InChI is InChI=1S/C19H19ClN2O2/c20-16-7-2-4-9-18(16)24-14-19(23)21-11-5-12-22-13-10-15-6-1-3-8-17(15)22/h1-4,6-10,13H,5,11-12,14H2,(H,21,23). The highest BCUT2D eigenvalue weighted by Crippen LogP contribution is 2.22. The fourth-order valence-corrected chi connectivity index (χ4v) is 2.76. The van der Waals surface area contributed by atoms with Gasteiger partial charge in [0.05, 0.1) is 5.02 Å². The number of aromatic nitrogens is 1. The number of ether oxygens (including phenoxy) is 1. The number of amides is 1. The van der Waals surface area contributed by atoms with Crippen LogP contribution in [0.5, 0.6) is 5.75 Å². The summed E-state index contributed by atoms with van der Waals surface area (Å²) >= 11 is 5.98. The third kappa shape index (κ3) is 4.09. The number of hydrogen-bond donors (Lipinski definition) is 1. The molecule has 0 aliphatic carbocycles. The number of aryl methyl sites for hydroxylation is 1. The van der Waals surface area contributed by atoms with E-state index in [-0.39, 0.29) is 12.5 Å². The summed E-state index contributed by atoms with van der Waals surface area (Å²) in [6.45, 7) is 1.44. The van der Waals surface area contributed by atoms with Crippen molar-refractivity contribution in [2.45, 2.75) is 13.0 Å². The Kier molecular flexibility index (Phi) is 5.39. The third-order valence-electron chi connectivity index (χ3n) is 3.77. The number of hydrogen-bond acceptors (Lipinski definition) is 2. The molecule has 3 aromatic rings. The fourth-order valence-electron chi connectivity index (χ4n) is 2.57. The van der Waals surface area contributed by atoms with E-state index >= 15 is 0 Å². The van der Waals surface area contributed by atoms with E-state index in [0.29, 0.717) is 17.3 Å². The van der Waals surface area contributed by atoms with Crippen molar-refractivity contribution in [3.63, 3.8) is 0 Å². The zero-order valence-electron chi connectivity index (χ0n) is 13.2. The Bertz CT molecular complexity index is 829. The van der Waals surface area contributed by atoms with Crippen molar-refractivity contribution in [2.24, 2.45) is 0 Å². The molecule has 5 heteroatoms. The molecule has 0 spiro atoms. The maximum Gasteiger partial charge on any atom is 0.257 e. The number of nitrogens with one attached hydrogen (secondary N) is 1. The fraction of sp³-hybridized carbons (Fsp3) is 0.211. The van der Waals surface area contributed by atoms with Gasteiger partial charge in [0, 0.05) is 24.8 Å². The van der Waals surface area contributed by atoms with Crippen LogP contribution in [0.25, 0.3) is 10.9 Å². The van der Waals surface area contributed by atoms with Gasteiger partial charge in [-0.3, -0.25) is 4.79 Å². The molecule has 124 valence electrons. The van der Waals surface area contributed by atoms with Crippen molar-refractivity contribution in [1.29, 1.82) is 0 Å². The molecular weight excluding hydrogens is 324 g/mol. The number of rotatable bonds is 7. The molecule has 0 atom stereocenters. The Morgan fingerprint density at radius 1 is 1.08 bits per heavy atom. The van der Waals surface area contributed by atoms with Gasteiger partial charge in [0.1, 0.15) is 5.75 Å². The Balaban J connectivity index is 1.40. The molecule has 0 unspecified atom stereocenters. The average molecular weight is 343 g/mol. The maximum atomic E-state index is 11.8. The van der Waals surface area contributed by atoms with Gasteiger partial charge in [0.25, 0.3) is 5.91 Å². The van der Waals surface area contributed by atoms with E-state index in [0.717, 1.165) is 13.0 Å². The zero-order valence-corrected chi connectivity index (χ0v) is 14.0. The van der Waals surface area contributed by atoms with Crippen molar-refractivity contribution < 1.29 is 9.53 Å². The summed E-state index contributed by atoms with van der Waals surface area (Å²) in [6.07, 6.45) is 2.93. The Labute approximate surface area is 146 Å². The number of fused-ring (bicyclic) bond motifs is 1. The highest BCUT2D eigenvalue weighted by atomic mass is 35.5. The van der Waals surface area contributed by atoms with Gasteiger partial charge in [-0.15, -0.1) is 0 Å². The smallest absolute Gasteiger partial charge is 0.257 e. The molecule has 4 nitrogen and oxygen atoms in total. The van der Waals surface area contributed by atoms with E-state index in [1.54, 1.807) is 12.1 Å². The van der Waals surface area contributed by atoms with Gasteiger partial charge in [0.15, 0.2) is 6.61 Å². The number of benzene rings is 2. The lowest BCUT2D eigenvalue weighted by molar-refractivity contribution is -0.123. The molecule has 1 amide bonds. The first-order valence-corrected chi connectivity index (χ1v) is 8.30. The first-order chi connectivity index (χ1) is 11.7. The van der Waals surface area contributed by atoms with Gasteiger partial charge in [0.2, 0.25) is 0 Å². The lowest BCUT2D eigenvalue weighted by Gasteiger charge is -2.09. The van der Waals surface area contributed by atoms with Crippen LogP contribution in [-0.4, -0.2) is 23.6 Å². The van der Waals surface area contributed by atoms with Crippen LogP contribution >= 0.6 is 11.6 Å². The lowest BCUT2D eigenvalue weighted by atomic mass is 10.2. The van der Waals surface area contributed by atoms with Crippen LogP contribution in [0.1, 0.15) is 6.42 Å². The van der Waals surface area contributed by atoms with Gasteiger partial charge < -0.3 is 14.6 Å². The van der Waals surface area contributed by atoms with Crippen molar-refractivity contribution in [3.8, 4) is 5.75 Å². The molecule has 3 rings (SSSR count). The van der Waals surface area contributed by atoms with Crippen molar-refractivity contribution in [2.75, 3.05) is 13.2 Å². The molecule has 1 aromatic heterocycles. The van der Waals surface area contributed by atoms with Crippen LogP contribution in [0.4, 0.5) is 0 Å². The zero-order chi connectivity index (χ0) is 16.8. The van der Waals surface area contributed by atoms with E-state index < -0.39 is 0 Å². The summed E-state index contributed by atoms with van der Waals surface area (Å²) < 4.78 is 7.61. The Morgan fingerprint density at radius 3 is 2.75 bits per heavy atom. The second-order valence-corrected chi connectivity index (χ2v) is 5.90. The minimum Gasteiger partial charge on any atom is -0.482 e. The van der Waals surface area contributed by atoms with Gasteiger partial charge in [-0.1, -0.05) is 41.9 Å². The van der Waals surface area contributed by atoms with E-state index in [1.807, 2.05) is 24.3 Å². The quantitative estimate of drug-likeness (QED) is 0.662. The summed E-state index contributed by atoms with van der Waals surface area (Å²) in [7, 11) is 0. The number of nitrogens with zero attached hydrogens (tertiary/aromatic N) is 1. The topological polar surface area (TPSA) is 43.3 Å². The van der Waals surface area contributed by atoms with E-state index in [9.17, 15) is 4.79 Å². The van der Waals surface area contributed by atoms with Crippen LogP contribution in [0.3, 0.4) is 0 Å². The minimum atomic E-state index is -0.146. The lowest BCUT2D eigenvalue weighted by Crippen LogP contribution is -2.30. The normalized spacial score (nSPS) is 10.7. The van der Waals surface area contributed by atoms with Crippen LogP contribution in [0.2, 0.25) is 5.02 Å². The minimum absolute atomic E-state index is 0.0316. The summed E-state index contributed by atoms with van der Waals surface area (Å²) in [4.78, 5) is 11.8. The van der Waals surface area contributed by atoms with Crippen LogP contribution in [-0.2, 0) is 11.3 Å². The van der Waals surface area contributed by atoms with Gasteiger partial charge >= 0.3 is 0 Å². The highest BCUT2D eigenvalue weighted by Gasteiger charge is 2.05. The van der Waals surface area contributed by atoms with Crippen LogP contribution < -0.4 is 10.1 Å². The average Bonchev–Trinajstić information content (AvgIpc) is 3.01. The number of halogens is 1. The van der Waals surface area contributed by atoms with E-state index in [4.69, 9.17) is 16.3 Å². The molecule has 0 radical (unpaired) electrons. The molecule has 0 saturated carbocycles. The molecule has 0 saturated heterocycles. The molecule has 0 aliphatic rings. The highest BCUT2D eigenvalue weighted by molar-refractivity contribution is 6.32. The Morgan fingerprint density at radius 2 is 1.88 bits per heavy atom. The maximum absolute atomic E-state index is 11.8. The first-order valence-electron chi connectivity index (χ1n) is 7.92. The number of carbonyl (C=O) groups is 1. The number of para-hydroxylation sites is 2. The molecule has 2 aromatic carbocycles. The molecule has 0 bridgehead atoms. The summed E-state index contributed by atoms with van der Waals surface area (Å²) in [5, 5.41) is 4.60. The van der Waals surface area contributed by atoms with Gasteiger partial charge in [-0.25, -0.2) is 0 Å². The Hall–Kier alpha value is -2.46. The SMILES string of the molecule is O=C(COc1ccccc1Cl)NCCCn1ccc2ccccc21. The van der Waals surface area contributed by atoms with Crippen LogP contribution in [0, 0.1) is 0 Å². The molecule has 0 aliphatic heterocycles. The van der Waals surface area contributed by atoms with Crippen molar-refractivity contribution >= 4 is 28.4 Å². The monoisotopic (exact) mass is 342 g/mol.